The first-order chi connectivity index (χ1) is 15.9. The number of ether oxygens (including phenoxy) is 1. The van der Waals surface area contributed by atoms with Gasteiger partial charge in [0.15, 0.2) is 5.82 Å². The van der Waals surface area contributed by atoms with Crippen molar-refractivity contribution in [1.82, 2.24) is 14.8 Å². The molecule has 7 nitrogen and oxygen atoms in total. The second-order valence-corrected chi connectivity index (χ2v) is 8.29. The lowest BCUT2D eigenvalue weighted by atomic mass is 10.1. The molecule has 33 heavy (non-hydrogen) atoms. The number of carbonyl (C=O) groups is 1. The van der Waals surface area contributed by atoms with Gasteiger partial charge in [0.25, 0.3) is 0 Å². The summed E-state index contributed by atoms with van der Waals surface area (Å²) >= 11 is 18.6. The predicted octanol–water partition coefficient (Wildman–Crippen LogP) is 6.86. The summed E-state index contributed by atoms with van der Waals surface area (Å²) in [7, 11) is 1.52. The third-order valence-corrected chi connectivity index (χ3v) is 5.60. The van der Waals surface area contributed by atoms with E-state index < -0.39 is 6.03 Å². The van der Waals surface area contributed by atoms with E-state index in [0.717, 1.165) is 16.8 Å². The maximum Gasteiger partial charge on any atom is 0.324 e. The van der Waals surface area contributed by atoms with E-state index in [1.165, 1.54) is 13.3 Å². The molecule has 0 spiro atoms. The Balaban J connectivity index is 1.71. The van der Waals surface area contributed by atoms with Gasteiger partial charge in [-0.15, -0.1) is 5.10 Å². The van der Waals surface area contributed by atoms with Gasteiger partial charge in [0, 0.05) is 27.2 Å². The number of benzene rings is 2. The van der Waals surface area contributed by atoms with Crippen LogP contribution in [0.3, 0.4) is 0 Å². The number of urea groups is 1. The minimum atomic E-state index is -0.473. The van der Waals surface area contributed by atoms with Crippen LogP contribution < -0.4 is 15.4 Å². The number of hydrogen-bond acceptors (Lipinski definition) is 4. The fourth-order valence-corrected chi connectivity index (χ4v) is 3.85. The first-order valence-electron chi connectivity index (χ1n) is 9.74. The molecule has 0 fully saturated rings. The molecule has 0 saturated carbocycles. The predicted molar refractivity (Wildman–Crippen MR) is 132 cm³/mol. The Kier molecular flexibility index (Phi) is 6.74. The first kappa shape index (κ1) is 22.9. The van der Waals surface area contributed by atoms with Gasteiger partial charge in [-0.1, -0.05) is 46.9 Å². The SMILES string of the molecule is COc1ccc(NC(=O)Nc2nn(-c3ccc(Cl)cc3Cl)c(-c3ccc(Cl)cc3)c2C)cn1. The van der Waals surface area contributed by atoms with E-state index in [1.54, 1.807) is 47.1 Å². The van der Waals surface area contributed by atoms with Crippen molar-refractivity contribution >= 4 is 52.3 Å². The summed E-state index contributed by atoms with van der Waals surface area (Å²) in [6.07, 6.45) is 1.50. The van der Waals surface area contributed by atoms with Crippen molar-refractivity contribution in [2.45, 2.75) is 6.92 Å². The van der Waals surface area contributed by atoms with Gasteiger partial charge < -0.3 is 10.1 Å². The van der Waals surface area contributed by atoms with Gasteiger partial charge in [0.1, 0.15) is 0 Å². The zero-order chi connectivity index (χ0) is 23.5. The smallest absolute Gasteiger partial charge is 0.324 e. The highest BCUT2D eigenvalue weighted by atomic mass is 35.5. The standard InChI is InChI=1S/C23H18Cl3N5O2/c1-13-21(14-3-5-15(24)6-4-14)31(19-9-7-16(25)11-18(19)26)30-22(13)29-23(32)28-17-8-10-20(33-2)27-12-17/h3-12H,1-2H3,(H2,28,29,30,32). The number of aromatic nitrogens is 3. The third kappa shape index (κ3) is 5.06. The number of nitrogens with zero attached hydrogens (tertiary/aromatic N) is 3. The minimum absolute atomic E-state index is 0.366. The molecule has 4 rings (SSSR count). The molecule has 10 heteroatoms. The second-order valence-electron chi connectivity index (χ2n) is 7.01. The summed E-state index contributed by atoms with van der Waals surface area (Å²) in [6.45, 7) is 1.86. The Labute approximate surface area is 205 Å². The van der Waals surface area contributed by atoms with E-state index in [4.69, 9.17) is 39.5 Å². The highest BCUT2D eigenvalue weighted by molar-refractivity contribution is 6.35. The topological polar surface area (TPSA) is 81.1 Å². The van der Waals surface area contributed by atoms with Crippen LogP contribution in [0.2, 0.25) is 15.1 Å². The summed E-state index contributed by atoms with van der Waals surface area (Å²) in [5.74, 6) is 0.813. The summed E-state index contributed by atoms with van der Waals surface area (Å²) in [4.78, 5) is 16.7. The molecule has 0 bridgehead atoms. The van der Waals surface area contributed by atoms with Gasteiger partial charge in [0.2, 0.25) is 5.88 Å². The Morgan fingerprint density at radius 3 is 2.33 bits per heavy atom. The van der Waals surface area contributed by atoms with Crippen LogP contribution in [0.1, 0.15) is 5.56 Å². The summed E-state index contributed by atoms with van der Waals surface area (Å²) in [5.41, 5.74) is 3.46. The van der Waals surface area contributed by atoms with Crippen molar-refractivity contribution in [3.8, 4) is 22.8 Å². The van der Waals surface area contributed by atoms with E-state index in [9.17, 15) is 4.79 Å². The molecule has 4 aromatic rings. The Bertz CT molecular complexity index is 1310. The lowest BCUT2D eigenvalue weighted by molar-refractivity contribution is 0.262. The molecular formula is C23H18Cl3N5O2. The number of anilines is 2. The van der Waals surface area contributed by atoms with Crippen molar-refractivity contribution in [2.24, 2.45) is 0 Å². The highest BCUT2D eigenvalue weighted by Crippen LogP contribution is 2.34. The molecule has 2 aromatic heterocycles. The quantitative estimate of drug-likeness (QED) is 0.312. The van der Waals surface area contributed by atoms with Crippen LogP contribution >= 0.6 is 34.8 Å². The summed E-state index contributed by atoms with van der Waals surface area (Å²) in [6, 6.07) is 15.3. The molecule has 2 aromatic carbocycles. The van der Waals surface area contributed by atoms with Crippen LogP contribution in [0.5, 0.6) is 5.88 Å². The first-order valence-corrected chi connectivity index (χ1v) is 10.9. The van der Waals surface area contributed by atoms with Crippen LogP contribution in [0.15, 0.2) is 60.8 Å². The average Bonchev–Trinajstić information content (AvgIpc) is 3.10. The van der Waals surface area contributed by atoms with Crippen LogP contribution in [0.25, 0.3) is 16.9 Å². The molecule has 0 saturated heterocycles. The Morgan fingerprint density at radius 2 is 1.70 bits per heavy atom. The molecule has 0 aliphatic carbocycles. The van der Waals surface area contributed by atoms with E-state index in [0.29, 0.717) is 38.1 Å². The molecule has 0 aliphatic rings. The van der Waals surface area contributed by atoms with Gasteiger partial charge in [-0.3, -0.25) is 5.32 Å². The minimum Gasteiger partial charge on any atom is -0.481 e. The van der Waals surface area contributed by atoms with Crippen molar-refractivity contribution < 1.29 is 9.53 Å². The lowest BCUT2D eigenvalue weighted by Crippen LogP contribution is -2.20. The lowest BCUT2D eigenvalue weighted by Gasteiger charge is -2.10. The van der Waals surface area contributed by atoms with E-state index in [-0.39, 0.29) is 0 Å². The maximum absolute atomic E-state index is 12.6. The van der Waals surface area contributed by atoms with Crippen molar-refractivity contribution in [1.29, 1.82) is 0 Å². The van der Waals surface area contributed by atoms with Gasteiger partial charge in [-0.25, -0.2) is 14.5 Å². The number of pyridine rings is 1. The van der Waals surface area contributed by atoms with Crippen LogP contribution in [-0.2, 0) is 0 Å². The van der Waals surface area contributed by atoms with Crippen LogP contribution in [0.4, 0.5) is 16.3 Å². The monoisotopic (exact) mass is 501 g/mol. The van der Waals surface area contributed by atoms with Crippen LogP contribution in [-0.4, -0.2) is 27.9 Å². The van der Waals surface area contributed by atoms with Crippen LogP contribution in [0, 0.1) is 6.92 Å². The fourth-order valence-electron chi connectivity index (χ4n) is 3.23. The molecule has 168 valence electrons. The number of nitrogens with one attached hydrogen (secondary N) is 2. The molecule has 2 N–H and O–H groups in total. The second kappa shape index (κ2) is 9.70. The summed E-state index contributed by atoms with van der Waals surface area (Å²) in [5, 5.41) is 11.7. The molecular weight excluding hydrogens is 485 g/mol. The maximum atomic E-state index is 12.6. The number of amides is 2. The zero-order valence-electron chi connectivity index (χ0n) is 17.6. The van der Waals surface area contributed by atoms with Crippen molar-refractivity contribution in [3.63, 3.8) is 0 Å². The van der Waals surface area contributed by atoms with Crippen molar-refractivity contribution in [3.05, 3.63) is 81.4 Å². The molecule has 0 unspecified atom stereocenters. The number of methoxy groups -OCH3 is 1. The molecule has 0 aliphatic heterocycles. The van der Waals surface area contributed by atoms with E-state index in [2.05, 4.69) is 20.7 Å². The molecule has 0 atom stereocenters. The molecule has 2 amide bonds. The third-order valence-electron chi connectivity index (χ3n) is 4.81. The zero-order valence-corrected chi connectivity index (χ0v) is 19.8. The average molecular weight is 503 g/mol. The fraction of sp³-hybridized carbons (Fsp3) is 0.0870. The van der Waals surface area contributed by atoms with Crippen molar-refractivity contribution in [2.75, 3.05) is 17.7 Å². The number of hydrogen-bond donors (Lipinski definition) is 2. The Hall–Kier alpha value is -3.26. The molecule has 0 radical (unpaired) electrons. The normalized spacial score (nSPS) is 10.7. The van der Waals surface area contributed by atoms with Gasteiger partial charge >= 0.3 is 6.03 Å². The van der Waals surface area contributed by atoms with E-state index >= 15 is 0 Å². The number of halogens is 3. The highest BCUT2D eigenvalue weighted by Gasteiger charge is 2.20. The summed E-state index contributed by atoms with van der Waals surface area (Å²) < 4.78 is 6.70. The largest absolute Gasteiger partial charge is 0.481 e. The number of carbonyl (C=O) groups excluding carboxylic acids is 1. The van der Waals surface area contributed by atoms with Gasteiger partial charge in [0.05, 0.1) is 35.4 Å². The Morgan fingerprint density at radius 1 is 0.970 bits per heavy atom. The van der Waals surface area contributed by atoms with E-state index in [1.807, 2.05) is 19.1 Å². The molecule has 2 heterocycles. The van der Waals surface area contributed by atoms with Gasteiger partial charge in [-0.05, 0) is 43.3 Å². The number of rotatable bonds is 5. The van der Waals surface area contributed by atoms with Gasteiger partial charge in [-0.2, -0.15) is 0 Å².